The van der Waals surface area contributed by atoms with Crippen molar-refractivity contribution in [2.24, 2.45) is 11.7 Å². The Bertz CT molecular complexity index is 378. The van der Waals surface area contributed by atoms with Crippen molar-refractivity contribution < 1.29 is 4.79 Å². The van der Waals surface area contributed by atoms with E-state index in [9.17, 15) is 4.79 Å². The van der Waals surface area contributed by atoms with Crippen molar-refractivity contribution in [3.63, 3.8) is 0 Å². The second-order valence-electron chi connectivity index (χ2n) is 4.83. The summed E-state index contributed by atoms with van der Waals surface area (Å²) in [7, 11) is 1.79. The number of rotatable bonds is 5. The zero-order chi connectivity index (χ0) is 13.0. The van der Waals surface area contributed by atoms with Gasteiger partial charge in [-0.1, -0.05) is 13.8 Å². The number of H-pyrrole nitrogens is 1. The molecule has 0 aromatic carbocycles. The van der Waals surface area contributed by atoms with E-state index in [0.717, 1.165) is 12.1 Å². The highest BCUT2D eigenvalue weighted by Gasteiger charge is 2.17. The van der Waals surface area contributed by atoms with Crippen LogP contribution in [0.4, 0.5) is 0 Å². The van der Waals surface area contributed by atoms with E-state index >= 15 is 0 Å². The van der Waals surface area contributed by atoms with E-state index in [0.29, 0.717) is 18.0 Å². The van der Waals surface area contributed by atoms with Crippen molar-refractivity contribution in [3.05, 3.63) is 17.5 Å². The molecule has 104 valence electrons. The summed E-state index contributed by atoms with van der Waals surface area (Å²) < 4.78 is 0. The normalized spacial score (nSPS) is 12.1. The maximum Gasteiger partial charge on any atom is 0.257 e. The molecule has 1 aromatic rings. The number of aryl methyl sites for hydroxylation is 1. The smallest absolute Gasteiger partial charge is 0.257 e. The number of nitrogens with zero attached hydrogens (tertiary/aromatic N) is 2. The van der Waals surface area contributed by atoms with Crippen molar-refractivity contribution in [3.8, 4) is 0 Å². The molecule has 1 aromatic heterocycles. The molecule has 0 aliphatic heterocycles. The van der Waals surface area contributed by atoms with Crippen LogP contribution in [0.3, 0.4) is 0 Å². The summed E-state index contributed by atoms with van der Waals surface area (Å²) in [6, 6.07) is 0.135. The summed E-state index contributed by atoms with van der Waals surface area (Å²) in [5.74, 6) is 0.432. The van der Waals surface area contributed by atoms with Gasteiger partial charge >= 0.3 is 0 Å². The molecule has 0 saturated carbocycles. The van der Waals surface area contributed by atoms with E-state index in [-0.39, 0.29) is 24.4 Å². The first-order valence-corrected chi connectivity index (χ1v) is 5.94. The number of aromatic amines is 1. The lowest BCUT2D eigenvalue weighted by molar-refractivity contribution is 0.0788. The van der Waals surface area contributed by atoms with Gasteiger partial charge in [-0.25, -0.2) is 0 Å². The number of hydrogen-bond acceptors (Lipinski definition) is 3. The van der Waals surface area contributed by atoms with Crippen LogP contribution in [0, 0.1) is 12.8 Å². The highest BCUT2D eigenvalue weighted by Crippen LogP contribution is 2.08. The molecule has 0 bridgehead atoms. The molecule has 6 heteroatoms. The molecule has 1 atom stereocenters. The molecule has 0 fully saturated rings. The lowest BCUT2D eigenvalue weighted by Gasteiger charge is -2.21. The molecule has 1 heterocycles. The summed E-state index contributed by atoms with van der Waals surface area (Å²) in [4.78, 5) is 13.7. The number of carbonyl (C=O) groups excluding carboxylic acids is 1. The van der Waals surface area contributed by atoms with Crippen LogP contribution >= 0.6 is 12.4 Å². The maximum absolute atomic E-state index is 12.0. The minimum Gasteiger partial charge on any atom is -0.342 e. The summed E-state index contributed by atoms with van der Waals surface area (Å²) in [6.45, 7) is 6.69. The van der Waals surface area contributed by atoms with Gasteiger partial charge in [-0.3, -0.25) is 9.89 Å². The standard InChI is InChI=1S/C12H22N4O.ClH/c1-8(2)11(13)5-6-16(4)12(17)10-7-14-15-9(10)3;/h7-8,11H,5-6,13H2,1-4H3,(H,14,15);1H. The Labute approximate surface area is 115 Å². The van der Waals surface area contributed by atoms with Gasteiger partial charge in [-0.05, 0) is 19.3 Å². The average Bonchev–Trinajstić information content (AvgIpc) is 2.70. The molecule has 1 unspecified atom stereocenters. The SMILES string of the molecule is Cc1[nH]ncc1C(=O)N(C)CCC(N)C(C)C.Cl. The van der Waals surface area contributed by atoms with Crippen molar-refractivity contribution in [1.29, 1.82) is 0 Å². The quantitative estimate of drug-likeness (QED) is 0.856. The van der Waals surface area contributed by atoms with Gasteiger partial charge in [0.2, 0.25) is 0 Å². The molecule has 0 radical (unpaired) electrons. The van der Waals surface area contributed by atoms with E-state index in [2.05, 4.69) is 24.0 Å². The number of nitrogens with two attached hydrogens (primary N) is 1. The molecule has 0 aliphatic carbocycles. The summed E-state index contributed by atoms with van der Waals surface area (Å²) in [5, 5.41) is 6.62. The molecule has 0 saturated heterocycles. The number of nitrogens with one attached hydrogen (secondary N) is 1. The largest absolute Gasteiger partial charge is 0.342 e. The second-order valence-corrected chi connectivity index (χ2v) is 4.83. The molecule has 0 spiro atoms. The van der Waals surface area contributed by atoms with Gasteiger partial charge in [0, 0.05) is 25.3 Å². The predicted octanol–water partition coefficient (Wildman–Crippen LogP) is 1.59. The zero-order valence-corrected chi connectivity index (χ0v) is 12.3. The fourth-order valence-electron chi connectivity index (χ4n) is 1.55. The molecular formula is C12H23ClN4O. The molecule has 5 nitrogen and oxygen atoms in total. The van der Waals surface area contributed by atoms with Gasteiger partial charge in [-0.15, -0.1) is 12.4 Å². The average molecular weight is 275 g/mol. The highest BCUT2D eigenvalue weighted by atomic mass is 35.5. The number of halogens is 1. The Morgan fingerprint density at radius 2 is 2.17 bits per heavy atom. The molecule has 1 rings (SSSR count). The van der Waals surface area contributed by atoms with E-state index in [1.54, 1.807) is 18.1 Å². The summed E-state index contributed by atoms with van der Waals surface area (Å²) in [6.07, 6.45) is 2.38. The molecular weight excluding hydrogens is 252 g/mol. The van der Waals surface area contributed by atoms with Crippen LogP contribution < -0.4 is 5.73 Å². The van der Waals surface area contributed by atoms with Gasteiger partial charge in [-0.2, -0.15) is 5.10 Å². The highest BCUT2D eigenvalue weighted by molar-refractivity contribution is 5.94. The Hall–Kier alpha value is -1.07. The van der Waals surface area contributed by atoms with Crippen molar-refractivity contribution in [2.45, 2.75) is 33.2 Å². The molecule has 1 amide bonds. The van der Waals surface area contributed by atoms with E-state index in [4.69, 9.17) is 5.73 Å². The predicted molar refractivity (Wildman–Crippen MR) is 75.0 cm³/mol. The Balaban J connectivity index is 0.00000289. The van der Waals surface area contributed by atoms with Gasteiger partial charge < -0.3 is 10.6 Å². The number of amides is 1. The number of carbonyl (C=O) groups is 1. The van der Waals surface area contributed by atoms with Crippen LogP contribution in [0.25, 0.3) is 0 Å². The van der Waals surface area contributed by atoms with Crippen molar-refractivity contribution in [2.75, 3.05) is 13.6 Å². The third-order valence-corrected chi connectivity index (χ3v) is 3.06. The number of hydrogen-bond donors (Lipinski definition) is 2. The van der Waals surface area contributed by atoms with Gasteiger partial charge in [0.25, 0.3) is 5.91 Å². The zero-order valence-electron chi connectivity index (χ0n) is 11.4. The first kappa shape index (κ1) is 16.9. The first-order chi connectivity index (χ1) is 7.93. The Morgan fingerprint density at radius 3 is 2.61 bits per heavy atom. The monoisotopic (exact) mass is 274 g/mol. The summed E-state index contributed by atoms with van der Waals surface area (Å²) >= 11 is 0. The molecule has 3 N–H and O–H groups in total. The van der Waals surface area contributed by atoms with Gasteiger partial charge in [0.05, 0.1) is 11.8 Å². The minimum absolute atomic E-state index is 0. The van der Waals surface area contributed by atoms with Crippen LogP contribution in [0.2, 0.25) is 0 Å². The summed E-state index contributed by atoms with van der Waals surface area (Å²) in [5.41, 5.74) is 7.39. The maximum atomic E-state index is 12.0. The second kappa shape index (κ2) is 7.38. The van der Waals surface area contributed by atoms with Crippen LogP contribution in [-0.2, 0) is 0 Å². The topological polar surface area (TPSA) is 75.0 Å². The Kier molecular flexibility index (Phi) is 6.94. The first-order valence-electron chi connectivity index (χ1n) is 5.94. The Morgan fingerprint density at radius 1 is 1.56 bits per heavy atom. The van der Waals surface area contributed by atoms with E-state index < -0.39 is 0 Å². The van der Waals surface area contributed by atoms with Crippen LogP contribution in [0.1, 0.15) is 36.3 Å². The third-order valence-electron chi connectivity index (χ3n) is 3.06. The van der Waals surface area contributed by atoms with E-state index in [1.807, 2.05) is 6.92 Å². The minimum atomic E-state index is -0.00722. The van der Waals surface area contributed by atoms with Crippen LogP contribution in [0.15, 0.2) is 6.20 Å². The fraction of sp³-hybridized carbons (Fsp3) is 0.667. The van der Waals surface area contributed by atoms with E-state index in [1.165, 1.54) is 0 Å². The van der Waals surface area contributed by atoms with Gasteiger partial charge in [0.15, 0.2) is 0 Å². The molecule has 18 heavy (non-hydrogen) atoms. The molecule has 0 aliphatic rings. The lowest BCUT2D eigenvalue weighted by Crippen LogP contribution is -2.34. The lowest BCUT2D eigenvalue weighted by atomic mass is 10.0. The van der Waals surface area contributed by atoms with Gasteiger partial charge in [0.1, 0.15) is 0 Å². The van der Waals surface area contributed by atoms with Crippen molar-refractivity contribution in [1.82, 2.24) is 15.1 Å². The third kappa shape index (κ3) is 4.31. The van der Waals surface area contributed by atoms with Crippen molar-refractivity contribution >= 4 is 18.3 Å². The fourth-order valence-corrected chi connectivity index (χ4v) is 1.55. The van der Waals surface area contributed by atoms with Crippen LogP contribution in [-0.4, -0.2) is 40.6 Å². The number of aromatic nitrogens is 2. The van der Waals surface area contributed by atoms with Crippen LogP contribution in [0.5, 0.6) is 0 Å².